The minimum absolute atomic E-state index is 0.0122. The van der Waals surface area contributed by atoms with E-state index in [1.807, 2.05) is 0 Å². The third kappa shape index (κ3) is 6.33. The average molecular weight is 823 g/mol. The Morgan fingerprint density at radius 1 is 1.04 bits per heavy atom. The van der Waals surface area contributed by atoms with Crippen molar-refractivity contribution >= 4 is 55.2 Å². The van der Waals surface area contributed by atoms with Gasteiger partial charge in [0.2, 0.25) is 15.9 Å². The molecular weight excluding hydrogens is 797 g/mol. The van der Waals surface area contributed by atoms with E-state index in [9.17, 15) is 40.0 Å². The third-order valence-corrected chi connectivity index (χ3v) is 10.6. The summed E-state index contributed by atoms with van der Waals surface area (Å²) in [5, 5.41) is 10.2. The lowest BCUT2D eigenvalue weighted by molar-refractivity contribution is -0.123. The van der Waals surface area contributed by atoms with Crippen molar-refractivity contribution in [3.63, 3.8) is 0 Å². The molecule has 0 saturated heterocycles. The molecule has 0 radical (unpaired) electrons. The molecule has 1 amide bonds. The molecule has 3 aromatic carbocycles. The van der Waals surface area contributed by atoms with Crippen LogP contribution in [-0.4, -0.2) is 49.7 Å². The van der Waals surface area contributed by atoms with Crippen molar-refractivity contribution in [2.45, 2.75) is 43.7 Å². The van der Waals surface area contributed by atoms with E-state index < -0.39 is 93.5 Å². The fourth-order valence-electron chi connectivity index (χ4n) is 7.55. The first kappa shape index (κ1) is 37.4. The molecule has 2 aliphatic carbocycles. The Kier molecular flexibility index (Phi) is 8.71. The molecule has 2 N–H and O–H groups in total. The number of alkyl halides is 4. The van der Waals surface area contributed by atoms with Crippen molar-refractivity contribution in [1.29, 1.82) is 0 Å². The summed E-state index contributed by atoms with van der Waals surface area (Å²) in [6, 6.07) is 6.63. The molecule has 56 heavy (non-hydrogen) atoms. The third-order valence-electron chi connectivity index (χ3n) is 9.76. The Labute approximate surface area is 315 Å². The van der Waals surface area contributed by atoms with Gasteiger partial charge in [0.25, 0.3) is 17.9 Å². The molecule has 12 nitrogen and oxygen atoms in total. The highest BCUT2D eigenvalue weighted by Crippen LogP contribution is 2.68. The fourth-order valence-corrected chi connectivity index (χ4v) is 8.29. The average Bonchev–Trinajstić information content (AvgIpc) is 3.63. The monoisotopic (exact) mass is 822 g/mol. The number of aryl methyl sites for hydroxylation is 1. The maximum absolute atomic E-state index is 15.4. The summed E-state index contributed by atoms with van der Waals surface area (Å²) in [4.78, 5) is 33.0. The minimum atomic E-state index is -3.92. The summed E-state index contributed by atoms with van der Waals surface area (Å²) in [5.41, 5.74) is -3.11. The number of anilines is 1. The molecule has 6 aromatic rings. The van der Waals surface area contributed by atoms with E-state index in [0.29, 0.717) is 10.7 Å². The molecule has 0 bridgehead atoms. The summed E-state index contributed by atoms with van der Waals surface area (Å²) in [6.45, 7) is -1.01. The highest BCUT2D eigenvalue weighted by molar-refractivity contribution is 7.92. The van der Waals surface area contributed by atoms with Gasteiger partial charge >= 0.3 is 0 Å². The largest absolute Gasteiger partial charge is 0.344 e. The zero-order chi connectivity index (χ0) is 40.2. The Balaban J connectivity index is 1.32. The van der Waals surface area contributed by atoms with Gasteiger partial charge in [-0.15, -0.1) is 0 Å². The van der Waals surface area contributed by atoms with Crippen molar-refractivity contribution in [2.24, 2.45) is 13.0 Å². The highest BCUT2D eigenvalue weighted by Gasteiger charge is 2.67. The number of carbonyl (C=O) groups excluding carboxylic acids is 1. The molecule has 1 fully saturated rings. The molecule has 2 aliphatic rings. The zero-order valence-electron chi connectivity index (χ0n) is 28.8. The number of benzene rings is 3. The second kappa shape index (κ2) is 13.0. The molecule has 3 atom stereocenters. The van der Waals surface area contributed by atoms with Crippen LogP contribution in [0, 0.1) is 23.4 Å². The number of carbonyl (C=O) groups is 1. The lowest BCUT2D eigenvalue weighted by atomic mass is 10.0. The van der Waals surface area contributed by atoms with Crippen LogP contribution < -0.4 is 15.6 Å². The van der Waals surface area contributed by atoms with Gasteiger partial charge in [-0.2, -0.15) is 19.0 Å². The Hall–Kier alpha value is -5.50. The van der Waals surface area contributed by atoms with E-state index >= 15 is 8.78 Å². The normalized spacial score (nSPS) is 17.7. The first-order valence-corrected chi connectivity index (χ1v) is 19.0. The number of hydrogen-bond donors (Lipinski definition) is 2. The van der Waals surface area contributed by atoms with Crippen LogP contribution >= 0.6 is 11.6 Å². The number of nitrogens with one attached hydrogen (secondary N) is 2. The van der Waals surface area contributed by atoms with Crippen LogP contribution in [0.15, 0.2) is 53.3 Å². The fraction of sp³-hybridized carbons (Fsp3) is 0.286. The zero-order valence-corrected chi connectivity index (χ0v) is 30.4. The molecule has 21 heteroatoms. The predicted molar refractivity (Wildman–Crippen MR) is 188 cm³/mol. The molecular formula is C35H26ClF7N8O4S. The van der Waals surface area contributed by atoms with Crippen molar-refractivity contribution in [1.82, 2.24) is 34.4 Å². The van der Waals surface area contributed by atoms with E-state index in [2.05, 4.69) is 25.2 Å². The number of rotatable bonds is 10. The SMILES string of the molecule is Cn1nc(NS(C)(=O)=O)c2c(Cl)ccc(-n3c([C@H](Cc4cc(F)cc(F)c4)NC(=O)Cn4nc(C(F)F)c5c4C(F)(F)[C@@H]4C[C@H]54)nc4ccc(F)cc4c3=O)c21. The van der Waals surface area contributed by atoms with Crippen LogP contribution in [0.25, 0.3) is 27.5 Å². The van der Waals surface area contributed by atoms with E-state index in [0.717, 1.165) is 35.1 Å². The Morgan fingerprint density at radius 2 is 1.75 bits per heavy atom. The maximum atomic E-state index is 15.4. The van der Waals surface area contributed by atoms with Crippen LogP contribution in [0.3, 0.4) is 0 Å². The Morgan fingerprint density at radius 3 is 2.43 bits per heavy atom. The van der Waals surface area contributed by atoms with Gasteiger partial charge in [0, 0.05) is 31.0 Å². The Bertz CT molecular complexity index is 2810. The molecule has 3 aromatic heterocycles. The van der Waals surface area contributed by atoms with Gasteiger partial charge in [0.1, 0.15) is 41.2 Å². The number of halogens is 8. The van der Waals surface area contributed by atoms with Gasteiger partial charge in [0.15, 0.2) is 5.82 Å². The molecule has 0 unspecified atom stereocenters. The lowest BCUT2D eigenvalue weighted by Gasteiger charge is -2.24. The number of nitrogens with zero attached hydrogens (tertiary/aromatic N) is 6. The van der Waals surface area contributed by atoms with Crippen LogP contribution in [0.2, 0.25) is 5.02 Å². The van der Waals surface area contributed by atoms with E-state index in [1.54, 1.807) is 0 Å². The van der Waals surface area contributed by atoms with Crippen molar-refractivity contribution in [3.05, 3.63) is 110 Å². The van der Waals surface area contributed by atoms with E-state index in [1.165, 1.54) is 29.9 Å². The minimum Gasteiger partial charge on any atom is -0.344 e. The first-order chi connectivity index (χ1) is 26.3. The van der Waals surface area contributed by atoms with Crippen molar-refractivity contribution in [2.75, 3.05) is 11.0 Å². The number of hydrogen-bond acceptors (Lipinski definition) is 7. The summed E-state index contributed by atoms with van der Waals surface area (Å²) in [6.07, 6.45) is -2.86. The van der Waals surface area contributed by atoms with Crippen LogP contribution in [0.5, 0.6) is 0 Å². The smallest absolute Gasteiger partial charge is 0.293 e. The second-order valence-electron chi connectivity index (χ2n) is 13.7. The van der Waals surface area contributed by atoms with Gasteiger partial charge in [-0.3, -0.25) is 28.2 Å². The summed E-state index contributed by atoms with van der Waals surface area (Å²) >= 11 is 6.52. The maximum Gasteiger partial charge on any atom is 0.293 e. The van der Waals surface area contributed by atoms with Gasteiger partial charge in [-0.1, -0.05) is 11.6 Å². The number of amides is 1. The number of fused-ring (bicyclic) bond motifs is 5. The van der Waals surface area contributed by atoms with Crippen LogP contribution in [0.4, 0.5) is 36.6 Å². The summed E-state index contributed by atoms with van der Waals surface area (Å²) in [7, 11) is -2.52. The lowest BCUT2D eigenvalue weighted by Crippen LogP contribution is -2.38. The first-order valence-electron chi connectivity index (χ1n) is 16.7. The molecule has 8 rings (SSSR count). The topological polar surface area (TPSA) is 146 Å². The van der Waals surface area contributed by atoms with Crippen LogP contribution in [-0.2, 0) is 40.8 Å². The molecule has 0 aliphatic heterocycles. The van der Waals surface area contributed by atoms with E-state index in [-0.39, 0.29) is 61.7 Å². The van der Waals surface area contributed by atoms with Gasteiger partial charge in [-0.25, -0.2) is 35.4 Å². The predicted octanol–water partition coefficient (Wildman–Crippen LogP) is 6.16. The van der Waals surface area contributed by atoms with E-state index in [4.69, 9.17) is 11.6 Å². The molecule has 292 valence electrons. The molecule has 0 spiro atoms. The second-order valence-corrected chi connectivity index (χ2v) is 15.8. The molecule has 1 saturated carbocycles. The van der Waals surface area contributed by atoms with Gasteiger partial charge in [0.05, 0.1) is 44.8 Å². The summed E-state index contributed by atoms with van der Waals surface area (Å²) < 4.78 is 132. The number of aromatic nitrogens is 6. The number of sulfonamides is 1. The van der Waals surface area contributed by atoms with Crippen molar-refractivity contribution < 1.29 is 43.9 Å². The quantitative estimate of drug-likeness (QED) is 0.158. The van der Waals surface area contributed by atoms with Crippen molar-refractivity contribution in [3.8, 4) is 5.69 Å². The summed E-state index contributed by atoms with van der Waals surface area (Å²) in [5.74, 6) is -10.1. The standard InChI is InChI=1S/C35H26ClF7N8O4S/c1-49-29-24(6-4-21(36)27(29)32(47-49)48-56(2,54)55)51-33(45-22-5-3-15(37)11-19(22)34(51)53)23(9-14-7-16(38)10-17(39)8-14)44-25(52)13-50-30-26(28(46-50)31(40)41)18-12-20(18)35(30,42)43/h3-8,10-11,18,20,23,31H,9,12-13H2,1-2H3,(H,44,52)(H,47,48)/t18-,20+,23-/m0/s1. The van der Waals surface area contributed by atoms with Gasteiger partial charge in [-0.05, 0) is 60.4 Å². The molecule has 3 heterocycles. The van der Waals surface area contributed by atoms with Gasteiger partial charge < -0.3 is 5.32 Å². The van der Waals surface area contributed by atoms with Crippen LogP contribution in [0.1, 0.15) is 53.1 Å². The highest BCUT2D eigenvalue weighted by atomic mass is 35.5.